The van der Waals surface area contributed by atoms with Gasteiger partial charge in [0, 0.05) is 46.2 Å². The molecule has 1 aliphatic carbocycles. The zero-order valence-electron chi connectivity index (χ0n) is 23.8. The number of hydrogen-bond donors (Lipinski definition) is 0. The standard InChI is InChI=1S/C39H25NO4/c1-40-34-14-10-24(28-20-32-26-8-4-2-6-22(26)12-16-36(32)43-38(28)41)18-30(34)31-19-25(11-15-35(31)40)29-21-33-27-9-5-3-7-23(27)13-17-37(33)44-39(29)42/h2-16,18-21,37H,17H2,1H3. The van der Waals surface area contributed by atoms with Crippen LogP contribution < -0.4 is 16.1 Å². The molecule has 2 aliphatic rings. The van der Waals surface area contributed by atoms with E-state index in [1.165, 1.54) is 0 Å². The summed E-state index contributed by atoms with van der Waals surface area (Å²) in [6.07, 6.45) is 4.54. The molecular weight excluding hydrogens is 546 g/mol. The summed E-state index contributed by atoms with van der Waals surface area (Å²) in [5.41, 5.74) is 5.93. The highest BCUT2D eigenvalue weighted by Gasteiger charge is 2.29. The quantitative estimate of drug-likeness (QED) is 0.133. The highest BCUT2D eigenvalue weighted by atomic mass is 16.5. The van der Waals surface area contributed by atoms with Gasteiger partial charge < -0.3 is 13.7 Å². The third-order valence-corrected chi connectivity index (χ3v) is 9.21. The number of rotatable bonds is 2. The van der Waals surface area contributed by atoms with Gasteiger partial charge in [0.05, 0.1) is 11.1 Å². The number of aromatic nitrogens is 1. The van der Waals surface area contributed by atoms with Crippen molar-refractivity contribution < 1.29 is 13.9 Å². The summed E-state index contributed by atoms with van der Waals surface area (Å²) in [6, 6.07) is 34.3. The van der Waals surface area contributed by atoms with Crippen molar-refractivity contribution >= 4 is 66.7 Å². The summed E-state index contributed by atoms with van der Waals surface area (Å²) in [7, 11) is 2.03. The Balaban J connectivity index is 1.24. The lowest BCUT2D eigenvalue weighted by Gasteiger charge is -2.26. The number of carbonyl (C=O) groups is 1. The highest BCUT2D eigenvalue weighted by Crippen LogP contribution is 2.36. The summed E-state index contributed by atoms with van der Waals surface area (Å²) < 4.78 is 13.9. The summed E-state index contributed by atoms with van der Waals surface area (Å²) >= 11 is 0. The second-order valence-electron chi connectivity index (χ2n) is 11.6. The van der Waals surface area contributed by atoms with Gasteiger partial charge in [-0.1, -0.05) is 72.8 Å². The Morgan fingerprint density at radius 2 is 1.48 bits per heavy atom. The van der Waals surface area contributed by atoms with Gasteiger partial charge in [0.2, 0.25) is 0 Å². The normalized spacial score (nSPS) is 16.1. The lowest BCUT2D eigenvalue weighted by atomic mass is 9.90. The van der Waals surface area contributed by atoms with Crippen LogP contribution in [-0.4, -0.2) is 16.6 Å². The molecule has 5 nitrogen and oxygen atoms in total. The number of fused-ring (bicyclic) bond motifs is 8. The molecular formula is C39H25NO4. The Hall–Kier alpha value is -5.68. The smallest absolute Gasteiger partial charge is 0.344 e. The minimum atomic E-state index is -0.375. The van der Waals surface area contributed by atoms with Gasteiger partial charge in [-0.2, -0.15) is 0 Å². The molecule has 1 unspecified atom stereocenters. The molecule has 5 heteroatoms. The van der Waals surface area contributed by atoms with Crippen LogP contribution in [0.25, 0.3) is 71.9 Å². The van der Waals surface area contributed by atoms with Crippen molar-refractivity contribution in [1.82, 2.24) is 4.57 Å². The number of aryl methyl sites for hydroxylation is 1. The second-order valence-corrected chi connectivity index (χ2v) is 11.6. The predicted molar refractivity (Wildman–Crippen MR) is 175 cm³/mol. The molecule has 7 aromatic rings. The Kier molecular flexibility index (Phi) is 5.18. The van der Waals surface area contributed by atoms with Crippen LogP contribution in [0.1, 0.15) is 12.0 Å². The van der Waals surface area contributed by atoms with Gasteiger partial charge in [-0.25, -0.2) is 9.59 Å². The highest BCUT2D eigenvalue weighted by molar-refractivity contribution is 6.21. The lowest BCUT2D eigenvalue weighted by Crippen LogP contribution is -2.38. The summed E-state index contributed by atoms with van der Waals surface area (Å²) in [5, 5.41) is 7.28. The molecule has 1 aliphatic heterocycles. The number of carbonyl (C=O) groups excluding carboxylic acids is 1. The molecule has 9 rings (SSSR count). The van der Waals surface area contributed by atoms with E-state index in [4.69, 9.17) is 9.15 Å². The first-order valence-corrected chi connectivity index (χ1v) is 14.7. The van der Waals surface area contributed by atoms with E-state index in [0.29, 0.717) is 23.1 Å². The van der Waals surface area contributed by atoms with Crippen molar-refractivity contribution in [3.8, 4) is 11.1 Å². The molecule has 5 aromatic carbocycles. The first kappa shape index (κ1) is 24.9. The van der Waals surface area contributed by atoms with E-state index in [9.17, 15) is 9.59 Å². The van der Waals surface area contributed by atoms with Crippen molar-refractivity contribution in [3.05, 3.63) is 136 Å². The molecule has 210 valence electrons. The third kappa shape index (κ3) is 3.59. The van der Waals surface area contributed by atoms with Crippen molar-refractivity contribution in [2.45, 2.75) is 12.5 Å². The van der Waals surface area contributed by atoms with Crippen LogP contribution in [0.3, 0.4) is 0 Å². The molecule has 1 atom stereocenters. The summed E-state index contributed by atoms with van der Waals surface area (Å²) in [4.78, 5) is 26.5. The van der Waals surface area contributed by atoms with Crippen molar-refractivity contribution in [2.24, 2.45) is 7.05 Å². The largest absolute Gasteiger partial charge is 0.454 e. The second kappa shape index (κ2) is 9.16. The molecule has 44 heavy (non-hydrogen) atoms. The lowest BCUT2D eigenvalue weighted by molar-refractivity contribution is -0.139. The molecule has 0 radical (unpaired) electrons. The van der Waals surface area contributed by atoms with Gasteiger partial charge in [0.25, 0.3) is 0 Å². The van der Waals surface area contributed by atoms with Crippen LogP contribution in [0.4, 0.5) is 0 Å². The molecule has 0 saturated heterocycles. The van der Waals surface area contributed by atoms with E-state index in [2.05, 4.69) is 41.0 Å². The molecule has 0 bridgehead atoms. The van der Waals surface area contributed by atoms with E-state index in [0.717, 1.165) is 65.1 Å². The zero-order chi connectivity index (χ0) is 29.5. The monoisotopic (exact) mass is 571 g/mol. The van der Waals surface area contributed by atoms with E-state index in [1.54, 1.807) is 0 Å². The number of esters is 1. The molecule has 3 heterocycles. The maximum atomic E-state index is 13.3. The summed E-state index contributed by atoms with van der Waals surface area (Å²) in [6.45, 7) is 0. The van der Waals surface area contributed by atoms with Crippen LogP contribution in [0, 0.1) is 0 Å². The van der Waals surface area contributed by atoms with Crippen LogP contribution in [0.2, 0.25) is 0 Å². The molecule has 0 fully saturated rings. The molecule has 0 saturated carbocycles. The summed E-state index contributed by atoms with van der Waals surface area (Å²) in [5.74, 6) is -0.312. The fourth-order valence-corrected chi connectivity index (χ4v) is 6.99. The average molecular weight is 572 g/mol. The van der Waals surface area contributed by atoms with Crippen molar-refractivity contribution in [1.29, 1.82) is 0 Å². The van der Waals surface area contributed by atoms with E-state index in [1.807, 2.05) is 85.9 Å². The predicted octanol–water partition coefficient (Wildman–Crippen LogP) is 6.60. The van der Waals surface area contributed by atoms with E-state index >= 15 is 0 Å². The zero-order valence-corrected chi connectivity index (χ0v) is 23.8. The fourth-order valence-electron chi connectivity index (χ4n) is 6.99. The van der Waals surface area contributed by atoms with Crippen LogP contribution >= 0.6 is 0 Å². The van der Waals surface area contributed by atoms with Gasteiger partial charge >= 0.3 is 11.6 Å². The minimum absolute atomic E-state index is 0.268. The Labute approximate surface area is 251 Å². The Bertz CT molecular complexity index is 2620. The van der Waals surface area contributed by atoms with Gasteiger partial charge in [-0.05, 0) is 74.8 Å². The van der Waals surface area contributed by atoms with Gasteiger partial charge in [0.1, 0.15) is 11.7 Å². The number of nitrogens with zero attached hydrogens (tertiary/aromatic N) is 1. The molecule has 0 amide bonds. The van der Waals surface area contributed by atoms with Crippen LogP contribution in [0.5, 0.6) is 0 Å². The first-order valence-electron chi connectivity index (χ1n) is 14.7. The molecule has 0 spiro atoms. The minimum Gasteiger partial charge on any atom is -0.454 e. The maximum Gasteiger partial charge on any atom is 0.344 e. The molecule has 0 N–H and O–H groups in total. The fraction of sp³-hybridized carbons (Fsp3) is 0.0769. The average Bonchev–Trinajstić information content (AvgIpc) is 3.34. The van der Waals surface area contributed by atoms with Gasteiger partial charge in [0.15, 0.2) is 0 Å². The SMILES string of the molecule is Cn1c2ccc(C3=CC4=c5ccccc5=CCC4OC3=O)cc2c2cc(-c3cc4c(ccc5ccccc54)oc3=O)ccc21. The van der Waals surface area contributed by atoms with Crippen molar-refractivity contribution in [3.63, 3.8) is 0 Å². The first-order chi connectivity index (χ1) is 21.5. The van der Waals surface area contributed by atoms with E-state index in [-0.39, 0.29) is 17.7 Å². The topological polar surface area (TPSA) is 61.4 Å². The third-order valence-electron chi connectivity index (χ3n) is 9.21. The van der Waals surface area contributed by atoms with Gasteiger partial charge in [-0.3, -0.25) is 0 Å². The van der Waals surface area contributed by atoms with Crippen LogP contribution in [-0.2, 0) is 16.6 Å². The van der Waals surface area contributed by atoms with Crippen LogP contribution in [0.15, 0.2) is 118 Å². The van der Waals surface area contributed by atoms with E-state index < -0.39 is 0 Å². The van der Waals surface area contributed by atoms with Gasteiger partial charge in [-0.15, -0.1) is 0 Å². The number of ether oxygens (including phenoxy) is 1. The Morgan fingerprint density at radius 1 is 0.727 bits per heavy atom. The maximum absolute atomic E-state index is 13.3. The number of benzene rings is 5. The molecule has 2 aromatic heterocycles. The number of hydrogen-bond acceptors (Lipinski definition) is 4. The van der Waals surface area contributed by atoms with Crippen molar-refractivity contribution in [2.75, 3.05) is 0 Å². The Morgan fingerprint density at radius 3 is 2.34 bits per heavy atom.